The molecule has 16 heavy (non-hydrogen) atoms. The Morgan fingerprint density at radius 1 is 1.62 bits per heavy atom. The van der Waals surface area contributed by atoms with Crippen molar-refractivity contribution in [2.75, 3.05) is 0 Å². The second-order valence-corrected chi connectivity index (χ2v) is 5.27. The maximum Gasteiger partial charge on any atom is 0.325 e. The number of halogens is 1. The van der Waals surface area contributed by atoms with Crippen molar-refractivity contribution < 1.29 is 14.7 Å². The first kappa shape index (κ1) is 13.2. The molecule has 2 N–H and O–H groups in total. The van der Waals surface area contributed by atoms with Crippen molar-refractivity contribution in [3.63, 3.8) is 0 Å². The summed E-state index contributed by atoms with van der Waals surface area (Å²) in [6, 6.07) is 1.13. The van der Waals surface area contributed by atoms with Crippen LogP contribution in [0.3, 0.4) is 0 Å². The summed E-state index contributed by atoms with van der Waals surface area (Å²) in [5, 5.41) is 13.0. The molecular weight excluding hydrogens is 294 g/mol. The Kier molecular flexibility index (Phi) is 4.95. The lowest BCUT2D eigenvalue weighted by atomic mass is 10.2. The van der Waals surface area contributed by atoms with Crippen LogP contribution < -0.4 is 5.32 Å². The standard InChI is InChI=1S/C10H12BrNO3S/c1-6(10(14)15)12-9(13)3-2-8-4-7(11)5-16-8/h4-6H,2-3H2,1H3,(H,12,13)(H,14,15). The highest BCUT2D eigenvalue weighted by atomic mass is 79.9. The summed E-state index contributed by atoms with van der Waals surface area (Å²) in [7, 11) is 0. The van der Waals surface area contributed by atoms with E-state index in [1.165, 1.54) is 6.92 Å². The van der Waals surface area contributed by atoms with Crippen LogP contribution in [0.15, 0.2) is 15.9 Å². The highest BCUT2D eigenvalue weighted by molar-refractivity contribution is 9.10. The maximum absolute atomic E-state index is 11.4. The number of carboxylic acid groups (broad SMARTS) is 1. The number of amides is 1. The highest BCUT2D eigenvalue weighted by Crippen LogP contribution is 2.20. The van der Waals surface area contributed by atoms with E-state index in [0.29, 0.717) is 12.8 Å². The lowest BCUT2D eigenvalue weighted by molar-refractivity contribution is -0.141. The smallest absolute Gasteiger partial charge is 0.325 e. The number of hydrogen-bond donors (Lipinski definition) is 2. The van der Waals surface area contributed by atoms with Crippen molar-refractivity contribution in [3.8, 4) is 0 Å². The van der Waals surface area contributed by atoms with Crippen LogP contribution in [0.5, 0.6) is 0 Å². The third kappa shape index (κ3) is 4.32. The van der Waals surface area contributed by atoms with Gasteiger partial charge in [-0.05, 0) is 35.3 Å². The molecule has 0 aromatic carbocycles. The van der Waals surface area contributed by atoms with Gasteiger partial charge in [0.1, 0.15) is 6.04 Å². The molecule has 1 heterocycles. The van der Waals surface area contributed by atoms with Crippen molar-refractivity contribution in [2.24, 2.45) is 0 Å². The van der Waals surface area contributed by atoms with E-state index in [0.717, 1.165) is 9.35 Å². The monoisotopic (exact) mass is 305 g/mol. The molecule has 6 heteroatoms. The number of aliphatic carboxylic acids is 1. The zero-order valence-corrected chi connectivity index (χ0v) is 11.1. The van der Waals surface area contributed by atoms with Crippen LogP contribution in [0.4, 0.5) is 0 Å². The van der Waals surface area contributed by atoms with Gasteiger partial charge in [-0.15, -0.1) is 11.3 Å². The predicted molar refractivity (Wildman–Crippen MR) is 65.6 cm³/mol. The Morgan fingerprint density at radius 3 is 2.81 bits per heavy atom. The SMILES string of the molecule is CC(NC(=O)CCc1cc(Br)cs1)C(=O)O. The molecule has 0 aliphatic rings. The van der Waals surface area contributed by atoms with Gasteiger partial charge in [0.05, 0.1) is 0 Å². The number of carboxylic acids is 1. The molecule has 1 aromatic heterocycles. The molecule has 88 valence electrons. The average Bonchev–Trinajstić information content (AvgIpc) is 2.61. The third-order valence-corrected chi connectivity index (χ3v) is 3.73. The van der Waals surface area contributed by atoms with Crippen LogP contribution in [0, 0.1) is 0 Å². The summed E-state index contributed by atoms with van der Waals surface area (Å²) in [5.41, 5.74) is 0. The van der Waals surface area contributed by atoms with Crippen molar-refractivity contribution >= 4 is 39.1 Å². The fourth-order valence-electron chi connectivity index (χ4n) is 1.10. The molecule has 0 radical (unpaired) electrons. The third-order valence-electron chi connectivity index (χ3n) is 1.97. The largest absolute Gasteiger partial charge is 0.480 e. The number of aryl methyl sites for hydroxylation is 1. The van der Waals surface area contributed by atoms with E-state index >= 15 is 0 Å². The Labute approximate surface area is 106 Å². The lowest BCUT2D eigenvalue weighted by Crippen LogP contribution is -2.38. The van der Waals surface area contributed by atoms with Gasteiger partial charge in [-0.1, -0.05) is 0 Å². The fourth-order valence-corrected chi connectivity index (χ4v) is 2.55. The zero-order chi connectivity index (χ0) is 12.1. The second kappa shape index (κ2) is 6.00. The van der Waals surface area contributed by atoms with Gasteiger partial charge in [0, 0.05) is 21.2 Å². The van der Waals surface area contributed by atoms with E-state index < -0.39 is 12.0 Å². The summed E-state index contributed by atoms with van der Waals surface area (Å²) < 4.78 is 1.01. The van der Waals surface area contributed by atoms with Crippen LogP contribution in [-0.4, -0.2) is 23.0 Å². The summed E-state index contributed by atoms with van der Waals surface area (Å²) >= 11 is 4.90. The van der Waals surface area contributed by atoms with Crippen LogP contribution >= 0.6 is 27.3 Å². The van der Waals surface area contributed by atoms with E-state index in [2.05, 4.69) is 21.2 Å². The molecule has 1 unspecified atom stereocenters. The fraction of sp³-hybridized carbons (Fsp3) is 0.400. The molecule has 4 nitrogen and oxygen atoms in total. The van der Waals surface area contributed by atoms with E-state index in [-0.39, 0.29) is 5.91 Å². The van der Waals surface area contributed by atoms with E-state index in [9.17, 15) is 9.59 Å². The Bertz CT molecular complexity index is 391. The minimum absolute atomic E-state index is 0.237. The van der Waals surface area contributed by atoms with Gasteiger partial charge >= 0.3 is 5.97 Å². The normalized spacial score (nSPS) is 12.1. The molecule has 0 spiro atoms. The summed E-state index contributed by atoms with van der Waals surface area (Å²) in [6.07, 6.45) is 0.943. The van der Waals surface area contributed by atoms with Gasteiger partial charge in [-0.2, -0.15) is 0 Å². The average molecular weight is 306 g/mol. The Morgan fingerprint density at radius 2 is 2.31 bits per heavy atom. The number of rotatable bonds is 5. The first-order valence-electron chi connectivity index (χ1n) is 4.74. The number of hydrogen-bond acceptors (Lipinski definition) is 3. The molecule has 0 saturated heterocycles. The number of carbonyl (C=O) groups excluding carboxylic acids is 1. The first-order chi connectivity index (χ1) is 7.49. The molecule has 1 atom stereocenters. The van der Waals surface area contributed by atoms with E-state index in [1.807, 2.05) is 11.4 Å². The van der Waals surface area contributed by atoms with Crippen molar-refractivity contribution in [2.45, 2.75) is 25.8 Å². The Balaban J connectivity index is 2.33. The molecule has 0 aliphatic carbocycles. The van der Waals surface area contributed by atoms with Crippen LogP contribution in [-0.2, 0) is 16.0 Å². The minimum Gasteiger partial charge on any atom is -0.480 e. The molecule has 1 aromatic rings. The maximum atomic E-state index is 11.4. The van der Waals surface area contributed by atoms with E-state index in [1.54, 1.807) is 11.3 Å². The van der Waals surface area contributed by atoms with Gasteiger partial charge in [0.2, 0.25) is 5.91 Å². The molecule has 1 amide bonds. The van der Waals surface area contributed by atoms with Crippen LogP contribution in [0.25, 0.3) is 0 Å². The van der Waals surface area contributed by atoms with Gasteiger partial charge in [-0.25, -0.2) is 0 Å². The number of nitrogens with one attached hydrogen (secondary N) is 1. The van der Waals surface area contributed by atoms with Gasteiger partial charge in [-0.3, -0.25) is 9.59 Å². The van der Waals surface area contributed by atoms with Crippen molar-refractivity contribution in [1.82, 2.24) is 5.32 Å². The summed E-state index contributed by atoms with van der Waals surface area (Å²) in [4.78, 5) is 23.0. The van der Waals surface area contributed by atoms with Gasteiger partial charge in [0.25, 0.3) is 0 Å². The topological polar surface area (TPSA) is 66.4 Å². The molecule has 0 saturated carbocycles. The molecule has 0 fully saturated rings. The van der Waals surface area contributed by atoms with Gasteiger partial charge < -0.3 is 10.4 Å². The lowest BCUT2D eigenvalue weighted by Gasteiger charge is -2.08. The first-order valence-corrected chi connectivity index (χ1v) is 6.41. The van der Waals surface area contributed by atoms with Crippen LogP contribution in [0.2, 0.25) is 0 Å². The quantitative estimate of drug-likeness (QED) is 0.875. The summed E-state index contributed by atoms with van der Waals surface area (Å²) in [5.74, 6) is -1.26. The van der Waals surface area contributed by atoms with Crippen molar-refractivity contribution in [3.05, 3.63) is 20.8 Å². The molecule has 0 aliphatic heterocycles. The second-order valence-electron chi connectivity index (χ2n) is 3.36. The Hall–Kier alpha value is -0.880. The summed E-state index contributed by atoms with van der Waals surface area (Å²) in [6.45, 7) is 1.45. The predicted octanol–water partition coefficient (Wildman–Crippen LogP) is 2.03. The highest BCUT2D eigenvalue weighted by Gasteiger charge is 2.13. The number of thiophene rings is 1. The molecular formula is C10H12BrNO3S. The zero-order valence-electron chi connectivity index (χ0n) is 8.70. The molecule has 0 bridgehead atoms. The van der Waals surface area contributed by atoms with Crippen molar-refractivity contribution in [1.29, 1.82) is 0 Å². The van der Waals surface area contributed by atoms with Crippen LogP contribution in [0.1, 0.15) is 18.2 Å². The minimum atomic E-state index is -1.02. The number of carbonyl (C=O) groups is 2. The van der Waals surface area contributed by atoms with E-state index in [4.69, 9.17) is 5.11 Å². The van der Waals surface area contributed by atoms with Gasteiger partial charge in [0.15, 0.2) is 0 Å². The molecule has 1 rings (SSSR count).